The molecular formula is C11H17NOS. The number of nitrogens with one attached hydrogen (secondary N) is 1. The van der Waals surface area contributed by atoms with Crippen molar-refractivity contribution in [2.24, 2.45) is 5.41 Å². The molecule has 0 bridgehead atoms. The lowest BCUT2D eigenvalue weighted by Crippen LogP contribution is -2.18. The quantitative estimate of drug-likeness (QED) is 0.770. The van der Waals surface area contributed by atoms with Crippen LogP contribution in [-0.2, 0) is 6.42 Å². The lowest BCUT2D eigenvalue weighted by atomic mass is 9.89. The van der Waals surface area contributed by atoms with Crippen LogP contribution in [-0.4, -0.2) is 13.2 Å². The number of hydrogen-bond acceptors (Lipinski definition) is 3. The number of thiophene rings is 1. The van der Waals surface area contributed by atoms with Gasteiger partial charge in [-0.05, 0) is 17.2 Å². The van der Waals surface area contributed by atoms with Gasteiger partial charge in [0.05, 0.1) is 0 Å². The molecule has 1 aliphatic heterocycles. The van der Waals surface area contributed by atoms with E-state index in [2.05, 4.69) is 31.5 Å². The maximum absolute atomic E-state index is 5.69. The molecule has 14 heavy (non-hydrogen) atoms. The van der Waals surface area contributed by atoms with E-state index in [-0.39, 0.29) is 0 Å². The van der Waals surface area contributed by atoms with Gasteiger partial charge < -0.3 is 10.1 Å². The van der Waals surface area contributed by atoms with Crippen LogP contribution in [0.25, 0.3) is 0 Å². The third kappa shape index (κ3) is 2.03. The molecule has 0 aromatic carbocycles. The second-order valence-electron chi connectivity index (χ2n) is 4.93. The first-order valence-electron chi connectivity index (χ1n) is 5.03. The Hall–Kier alpha value is -0.700. The fraction of sp³-hybridized carbons (Fsp3) is 0.636. The fourth-order valence-electron chi connectivity index (χ4n) is 1.67. The topological polar surface area (TPSA) is 21.3 Å². The van der Waals surface area contributed by atoms with Gasteiger partial charge in [0.15, 0.2) is 5.75 Å². The second kappa shape index (κ2) is 3.46. The van der Waals surface area contributed by atoms with Crippen LogP contribution in [0, 0.1) is 5.41 Å². The normalized spacial score (nSPS) is 15.6. The molecule has 0 fully saturated rings. The van der Waals surface area contributed by atoms with Crippen molar-refractivity contribution in [2.75, 3.05) is 18.5 Å². The van der Waals surface area contributed by atoms with Crippen LogP contribution in [0.5, 0.6) is 5.75 Å². The fourth-order valence-corrected chi connectivity index (χ4v) is 2.61. The van der Waals surface area contributed by atoms with Gasteiger partial charge in [0.1, 0.15) is 11.6 Å². The summed E-state index contributed by atoms with van der Waals surface area (Å²) in [4.78, 5) is 0. The first kappa shape index (κ1) is 9.84. The van der Waals surface area contributed by atoms with E-state index in [4.69, 9.17) is 4.74 Å². The van der Waals surface area contributed by atoms with Gasteiger partial charge >= 0.3 is 0 Å². The van der Waals surface area contributed by atoms with Crippen molar-refractivity contribution in [3.8, 4) is 5.75 Å². The molecule has 1 aromatic heterocycles. The van der Waals surface area contributed by atoms with Gasteiger partial charge in [-0.2, -0.15) is 0 Å². The Kier molecular flexibility index (Phi) is 2.43. The van der Waals surface area contributed by atoms with Crippen molar-refractivity contribution in [3.63, 3.8) is 0 Å². The summed E-state index contributed by atoms with van der Waals surface area (Å²) in [6.45, 7) is 8.50. The molecule has 0 atom stereocenters. The molecule has 78 valence electrons. The molecule has 0 amide bonds. The molecule has 0 unspecified atom stereocenters. The van der Waals surface area contributed by atoms with Crippen LogP contribution in [0.4, 0.5) is 5.00 Å². The molecule has 0 saturated heterocycles. The Morgan fingerprint density at radius 2 is 2.29 bits per heavy atom. The van der Waals surface area contributed by atoms with E-state index in [0.717, 1.165) is 25.3 Å². The van der Waals surface area contributed by atoms with E-state index in [0.29, 0.717) is 5.41 Å². The lowest BCUT2D eigenvalue weighted by molar-refractivity contribution is 0.315. The van der Waals surface area contributed by atoms with Gasteiger partial charge in [-0.15, -0.1) is 11.3 Å². The summed E-state index contributed by atoms with van der Waals surface area (Å²) in [6.07, 6.45) is 1.08. The first-order chi connectivity index (χ1) is 6.56. The van der Waals surface area contributed by atoms with Crippen molar-refractivity contribution in [2.45, 2.75) is 27.2 Å². The Balaban J connectivity index is 2.22. The Labute approximate surface area is 89.3 Å². The standard InChI is InChI=1S/C11H17NOS/c1-11(2,3)6-8-7-14-10-9(8)13-5-4-12-10/h7,12H,4-6H2,1-3H3. The van der Waals surface area contributed by atoms with Crippen LogP contribution in [0.15, 0.2) is 5.38 Å². The van der Waals surface area contributed by atoms with Crippen molar-refractivity contribution < 1.29 is 4.74 Å². The smallest absolute Gasteiger partial charge is 0.156 e. The highest BCUT2D eigenvalue weighted by molar-refractivity contribution is 7.14. The summed E-state index contributed by atoms with van der Waals surface area (Å²) < 4.78 is 5.69. The molecule has 2 nitrogen and oxygen atoms in total. The summed E-state index contributed by atoms with van der Waals surface area (Å²) in [7, 11) is 0. The number of fused-ring (bicyclic) bond motifs is 1. The van der Waals surface area contributed by atoms with Crippen LogP contribution >= 0.6 is 11.3 Å². The minimum absolute atomic E-state index is 0.329. The maximum Gasteiger partial charge on any atom is 0.156 e. The zero-order valence-corrected chi connectivity index (χ0v) is 9.83. The van der Waals surface area contributed by atoms with Crippen molar-refractivity contribution in [3.05, 3.63) is 10.9 Å². The maximum atomic E-state index is 5.69. The van der Waals surface area contributed by atoms with Gasteiger partial charge in [-0.3, -0.25) is 0 Å². The molecule has 0 aliphatic carbocycles. The van der Waals surface area contributed by atoms with Crippen LogP contribution < -0.4 is 10.1 Å². The van der Waals surface area contributed by atoms with Gasteiger partial charge in [-0.1, -0.05) is 20.8 Å². The van der Waals surface area contributed by atoms with Crippen LogP contribution in [0.1, 0.15) is 26.3 Å². The van der Waals surface area contributed by atoms with Gasteiger partial charge in [0, 0.05) is 12.1 Å². The Bertz CT molecular complexity index is 325. The highest BCUT2D eigenvalue weighted by Crippen LogP contribution is 2.40. The Morgan fingerprint density at radius 1 is 1.50 bits per heavy atom. The Morgan fingerprint density at radius 3 is 3.00 bits per heavy atom. The molecular weight excluding hydrogens is 194 g/mol. The highest BCUT2D eigenvalue weighted by Gasteiger charge is 2.20. The average Bonchev–Trinajstić information content (AvgIpc) is 2.47. The zero-order chi connectivity index (χ0) is 10.2. The largest absolute Gasteiger partial charge is 0.488 e. The van der Waals surface area contributed by atoms with Gasteiger partial charge in [0.2, 0.25) is 0 Å². The van der Waals surface area contributed by atoms with E-state index in [1.807, 2.05) is 0 Å². The lowest BCUT2D eigenvalue weighted by Gasteiger charge is -2.21. The zero-order valence-electron chi connectivity index (χ0n) is 9.02. The van der Waals surface area contributed by atoms with Gasteiger partial charge in [0.25, 0.3) is 0 Å². The minimum Gasteiger partial charge on any atom is -0.488 e. The molecule has 0 radical (unpaired) electrons. The number of ether oxygens (including phenoxy) is 1. The van der Waals surface area contributed by atoms with Crippen LogP contribution in [0.2, 0.25) is 0 Å². The van der Waals surface area contributed by atoms with E-state index in [1.54, 1.807) is 11.3 Å². The van der Waals surface area contributed by atoms with Crippen molar-refractivity contribution >= 4 is 16.3 Å². The number of hydrogen-bond donors (Lipinski definition) is 1. The molecule has 1 aliphatic rings. The third-order valence-corrected chi connectivity index (χ3v) is 3.14. The van der Waals surface area contributed by atoms with E-state index >= 15 is 0 Å². The van der Waals surface area contributed by atoms with E-state index in [1.165, 1.54) is 10.6 Å². The number of anilines is 1. The monoisotopic (exact) mass is 211 g/mol. The average molecular weight is 211 g/mol. The summed E-state index contributed by atoms with van der Waals surface area (Å²) in [5, 5.41) is 6.78. The minimum atomic E-state index is 0.329. The first-order valence-corrected chi connectivity index (χ1v) is 5.91. The third-order valence-electron chi connectivity index (χ3n) is 2.17. The molecule has 0 spiro atoms. The molecule has 2 rings (SSSR count). The van der Waals surface area contributed by atoms with Crippen molar-refractivity contribution in [1.82, 2.24) is 0 Å². The number of rotatable bonds is 1. The molecule has 2 heterocycles. The molecule has 1 aromatic rings. The summed E-state index contributed by atoms with van der Waals surface area (Å²) in [5.74, 6) is 1.09. The molecule has 1 N–H and O–H groups in total. The summed E-state index contributed by atoms with van der Waals surface area (Å²) >= 11 is 1.76. The summed E-state index contributed by atoms with van der Waals surface area (Å²) in [5.41, 5.74) is 1.68. The molecule has 3 heteroatoms. The molecule has 0 saturated carbocycles. The second-order valence-corrected chi connectivity index (χ2v) is 5.81. The van der Waals surface area contributed by atoms with Crippen LogP contribution in [0.3, 0.4) is 0 Å². The van der Waals surface area contributed by atoms with Crippen molar-refractivity contribution in [1.29, 1.82) is 0 Å². The summed E-state index contributed by atoms with van der Waals surface area (Å²) in [6, 6.07) is 0. The van der Waals surface area contributed by atoms with Gasteiger partial charge in [-0.25, -0.2) is 0 Å². The van der Waals surface area contributed by atoms with E-state index < -0.39 is 0 Å². The van der Waals surface area contributed by atoms with E-state index in [9.17, 15) is 0 Å². The SMILES string of the molecule is CC(C)(C)Cc1csc2c1OCCN2. The highest BCUT2D eigenvalue weighted by atomic mass is 32.1. The predicted octanol–water partition coefficient (Wildman–Crippen LogP) is 3.14. The predicted molar refractivity (Wildman–Crippen MR) is 61.5 cm³/mol.